The summed E-state index contributed by atoms with van der Waals surface area (Å²) >= 11 is 0. The second-order valence-corrected chi connectivity index (χ2v) is 5.52. The van der Waals surface area contributed by atoms with Crippen LogP contribution in [0.25, 0.3) is 0 Å². The normalized spacial score (nSPS) is 33.1. The van der Waals surface area contributed by atoms with E-state index in [1.807, 2.05) is 0 Å². The lowest BCUT2D eigenvalue weighted by Crippen LogP contribution is -2.35. The highest BCUT2D eigenvalue weighted by molar-refractivity contribution is 5.58. The van der Waals surface area contributed by atoms with E-state index in [2.05, 4.69) is 49.3 Å². The van der Waals surface area contributed by atoms with E-state index in [1.54, 1.807) is 0 Å². The highest BCUT2D eigenvalue weighted by Gasteiger charge is 2.39. The number of hydrogen-bond acceptors (Lipinski definition) is 2. The number of aryl methyl sites for hydroxylation is 1. The summed E-state index contributed by atoms with van der Waals surface area (Å²) in [4.78, 5) is 2.46. The Balaban J connectivity index is 2.06. The first-order valence-corrected chi connectivity index (χ1v) is 6.21. The molecule has 1 fully saturated rings. The zero-order valence-corrected chi connectivity index (χ0v) is 10.3. The van der Waals surface area contributed by atoms with Crippen LogP contribution in [0.4, 0.5) is 5.69 Å². The van der Waals surface area contributed by atoms with Gasteiger partial charge in [-0.1, -0.05) is 17.7 Å². The topological polar surface area (TPSA) is 15.3 Å². The quantitative estimate of drug-likeness (QED) is 0.716. The number of likely N-dealkylation sites (tertiary alicyclic amines) is 1. The Bertz CT molecular complexity index is 413. The number of benzene rings is 1. The van der Waals surface area contributed by atoms with Gasteiger partial charge in [0.1, 0.15) is 0 Å². The maximum absolute atomic E-state index is 3.65. The molecule has 0 saturated carbocycles. The molecule has 3 rings (SSSR count). The van der Waals surface area contributed by atoms with Crippen molar-refractivity contribution in [1.29, 1.82) is 0 Å². The standard InChI is InChI=1S/C14H20N2/c1-9-4-5-14-11(6-9)13-8-16(3)7-12(13)10(2)15-14/h4-6,10,12-13,15H,7-8H2,1-3H3. The fourth-order valence-corrected chi connectivity index (χ4v) is 3.34. The lowest BCUT2D eigenvalue weighted by atomic mass is 9.80. The van der Waals surface area contributed by atoms with E-state index in [1.165, 1.54) is 29.9 Å². The lowest BCUT2D eigenvalue weighted by molar-refractivity contribution is 0.381. The van der Waals surface area contributed by atoms with Crippen LogP contribution in [0.1, 0.15) is 24.0 Å². The Hall–Kier alpha value is -1.02. The minimum Gasteiger partial charge on any atom is -0.382 e. The summed E-state index contributed by atoms with van der Waals surface area (Å²) in [5, 5.41) is 3.65. The van der Waals surface area contributed by atoms with E-state index < -0.39 is 0 Å². The summed E-state index contributed by atoms with van der Waals surface area (Å²) in [7, 11) is 2.24. The Kier molecular flexibility index (Phi) is 2.21. The number of hydrogen-bond donors (Lipinski definition) is 1. The first-order chi connectivity index (χ1) is 7.65. The Labute approximate surface area is 97.6 Å². The van der Waals surface area contributed by atoms with Crippen molar-refractivity contribution in [2.45, 2.75) is 25.8 Å². The zero-order chi connectivity index (χ0) is 11.3. The molecule has 1 saturated heterocycles. The Morgan fingerprint density at radius 2 is 2.12 bits per heavy atom. The molecule has 0 amide bonds. The number of rotatable bonds is 0. The van der Waals surface area contributed by atoms with Gasteiger partial charge in [0.05, 0.1) is 0 Å². The van der Waals surface area contributed by atoms with Gasteiger partial charge in [-0.25, -0.2) is 0 Å². The van der Waals surface area contributed by atoms with Crippen molar-refractivity contribution >= 4 is 5.69 Å². The van der Waals surface area contributed by atoms with Gasteiger partial charge in [0.25, 0.3) is 0 Å². The van der Waals surface area contributed by atoms with E-state index in [-0.39, 0.29) is 0 Å². The molecule has 0 radical (unpaired) electrons. The maximum atomic E-state index is 3.65. The van der Waals surface area contributed by atoms with Crippen LogP contribution in [-0.2, 0) is 0 Å². The molecule has 3 unspecified atom stereocenters. The number of anilines is 1. The van der Waals surface area contributed by atoms with Gasteiger partial charge in [0.2, 0.25) is 0 Å². The molecule has 2 aliphatic rings. The minimum atomic E-state index is 0.602. The first kappa shape index (κ1) is 10.2. The smallest absolute Gasteiger partial charge is 0.0378 e. The third kappa shape index (κ3) is 1.44. The van der Waals surface area contributed by atoms with E-state index >= 15 is 0 Å². The van der Waals surface area contributed by atoms with E-state index in [0.717, 1.165) is 11.8 Å². The lowest BCUT2D eigenvalue weighted by Gasteiger charge is -2.34. The number of likely N-dealkylation sites (N-methyl/N-ethyl adjacent to an activating group) is 1. The van der Waals surface area contributed by atoms with Crippen molar-refractivity contribution < 1.29 is 0 Å². The van der Waals surface area contributed by atoms with Gasteiger partial charge in [-0.2, -0.15) is 0 Å². The third-order valence-corrected chi connectivity index (χ3v) is 4.18. The van der Waals surface area contributed by atoms with Crippen LogP contribution in [0.15, 0.2) is 18.2 Å². The fraction of sp³-hybridized carbons (Fsp3) is 0.571. The molecule has 16 heavy (non-hydrogen) atoms. The highest BCUT2D eigenvalue weighted by atomic mass is 15.1. The van der Waals surface area contributed by atoms with Crippen LogP contribution in [0.2, 0.25) is 0 Å². The summed E-state index contributed by atoms with van der Waals surface area (Å²) in [6, 6.07) is 7.42. The number of nitrogens with one attached hydrogen (secondary N) is 1. The van der Waals surface area contributed by atoms with Crippen LogP contribution in [0.3, 0.4) is 0 Å². The van der Waals surface area contributed by atoms with Crippen molar-refractivity contribution in [2.24, 2.45) is 5.92 Å². The molecule has 2 aliphatic heterocycles. The van der Waals surface area contributed by atoms with Crippen LogP contribution in [0, 0.1) is 12.8 Å². The average Bonchev–Trinajstić information content (AvgIpc) is 2.62. The summed E-state index contributed by atoms with van der Waals surface area (Å²) in [6.07, 6.45) is 0. The third-order valence-electron chi connectivity index (χ3n) is 4.18. The van der Waals surface area contributed by atoms with Gasteiger partial charge in [0.15, 0.2) is 0 Å². The summed E-state index contributed by atoms with van der Waals surface area (Å²) in [6.45, 7) is 6.95. The van der Waals surface area contributed by atoms with E-state index in [0.29, 0.717) is 6.04 Å². The molecule has 2 heterocycles. The average molecular weight is 216 g/mol. The van der Waals surface area contributed by atoms with Crippen molar-refractivity contribution in [1.82, 2.24) is 4.90 Å². The zero-order valence-electron chi connectivity index (χ0n) is 10.3. The van der Waals surface area contributed by atoms with Gasteiger partial charge >= 0.3 is 0 Å². The van der Waals surface area contributed by atoms with E-state index in [9.17, 15) is 0 Å². The van der Waals surface area contributed by atoms with Crippen molar-refractivity contribution in [3.05, 3.63) is 29.3 Å². The van der Waals surface area contributed by atoms with Gasteiger partial charge in [0, 0.05) is 30.7 Å². The van der Waals surface area contributed by atoms with Crippen molar-refractivity contribution in [3.8, 4) is 0 Å². The van der Waals surface area contributed by atoms with Gasteiger partial charge in [-0.05, 0) is 38.4 Å². The molecule has 0 aliphatic carbocycles. The van der Waals surface area contributed by atoms with E-state index in [4.69, 9.17) is 0 Å². The Morgan fingerprint density at radius 1 is 1.31 bits per heavy atom. The molecule has 2 heteroatoms. The second kappa shape index (κ2) is 3.49. The Morgan fingerprint density at radius 3 is 2.94 bits per heavy atom. The molecule has 0 bridgehead atoms. The van der Waals surface area contributed by atoms with Gasteiger partial charge in [-0.15, -0.1) is 0 Å². The van der Waals surface area contributed by atoms with Crippen LogP contribution < -0.4 is 5.32 Å². The van der Waals surface area contributed by atoms with Crippen LogP contribution in [-0.4, -0.2) is 31.1 Å². The summed E-state index contributed by atoms with van der Waals surface area (Å²) < 4.78 is 0. The molecule has 0 aromatic heterocycles. The second-order valence-electron chi connectivity index (χ2n) is 5.52. The van der Waals surface area contributed by atoms with Crippen LogP contribution >= 0.6 is 0 Å². The predicted molar refractivity (Wildman–Crippen MR) is 68.0 cm³/mol. The molecule has 1 aromatic carbocycles. The largest absolute Gasteiger partial charge is 0.382 e. The maximum Gasteiger partial charge on any atom is 0.0378 e. The summed E-state index contributed by atoms with van der Waals surface area (Å²) in [5.41, 5.74) is 4.27. The predicted octanol–water partition coefficient (Wildman–Crippen LogP) is 2.45. The SMILES string of the molecule is Cc1ccc2c(c1)C1CN(C)CC1C(C)N2. The molecule has 1 N–H and O–H groups in total. The minimum absolute atomic E-state index is 0.602. The van der Waals surface area contributed by atoms with Gasteiger partial charge in [-0.3, -0.25) is 0 Å². The molecule has 3 atom stereocenters. The van der Waals surface area contributed by atoms with Gasteiger partial charge < -0.3 is 10.2 Å². The number of nitrogens with zero attached hydrogens (tertiary/aromatic N) is 1. The molecular weight excluding hydrogens is 196 g/mol. The van der Waals surface area contributed by atoms with Crippen LogP contribution in [0.5, 0.6) is 0 Å². The monoisotopic (exact) mass is 216 g/mol. The fourth-order valence-electron chi connectivity index (χ4n) is 3.34. The van der Waals surface area contributed by atoms with Crippen molar-refractivity contribution in [3.63, 3.8) is 0 Å². The molecular formula is C14H20N2. The molecule has 2 nitrogen and oxygen atoms in total. The molecule has 0 spiro atoms. The first-order valence-electron chi connectivity index (χ1n) is 6.21. The highest BCUT2D eigenvalue weighted by Crippen LogP contribution is 2.42. The molecule has 1 aromatic rings. The molecule has 86 valence electrons. The number of fused-ring (bicyclic) bond motifs is 3. The summed E-state index contributed by atoms with van der Waals surface area (Å²) in [5.74, 6) is 1.51. The van der Waals surface area contributed by atoms with Crippen molar-refractivity contribution in [2.75, 3.05) is 25.5 Å².